The lowest BCUT2D eigenvalue weighted by Crippen LogP contribution is -2.29. The molecule has 0 aromatic carbocycles. The molecule has 0 saturated carbocycles. The molecule has 5 nitrogen and oxygen atoms in total. The molecule has 0 spiro atoms. The van der Waals surface area contributed by atoms with E-state index in [4.69, 9.17) is 0 Å². The summed E-state index contributed by atoms with van der Waals surface area (Å²) in [5.41, 5.74) is 0. The zero-order valence-electron chi connectivity index (χ0n) is 10.8. The van der Waals surface area contributed by atoms with E-state index in [0.717, 1.165) is 26.2 Å². The average Bonchev–Trinajstić information content (AvgIpc) is 2.33. The van der Waals surface area contributed by atoms with Gasteiger partial charge in [0.15, 0.2) is 0 Å². The van der Waals surface area contributed by atoms with Gasteiger partial charge in [-0.2, -0.15) is 0 Å². The molecule has 0 heterocycles. The van der Waals surface area contributed by atoms with E-state index in [2.05, 4.69) is 4.95 Å². The van der Waals surface area contributed by atoms with Crippen molar-refractivity contribution < 1.29 is 4.57 Å². The van der Waals surface area contributed by atoms with Crippen LogP contribution in [-0.4, -0.2) is 48.6 Å². The Morgan fingerprint density at radius 1 is 0.875 bits per heavy atom. The van der Waals surface area contributed by atoms with Gasteiger partial charge in [0.1, 0.15) is 0 Å². The molecule has 0 fully saturated rings. The molecule has 0 rings (SSSR count). The second kappa shape index (κ2) is 7.93. The van der Waals surface area contributed by atoms with Crippen LogP contribution in [0.1, 0.15) is 27.7 Å². The van der Waals surface area contributed by atoms with Crippen LogP contribution < -0.4 is 0 Å². The summed E-state index contributed by atoms with van der Waals surface area (Å²) in [7, 11) is -2.96. The van der Waals surface area contributed by atoms with Crippen molar-refractivity contribution in [3.63, 3.8) is 0 Å². The van der Waals surface area contributed by atoms with E-state index in [1.165, 1.54) is 0 Å². The highest BCUT2D eigenvalue weighted by Crippen LogP contribution is 2.47. The van der Waals surface area contributed by atoms with Crippen LogP contribution in [0.15, 0.2) is 4.95 Å². The smallest absolute Gasteiger partial charge is 0.259 e. The topological polar surface area (TPSA) is 53.0 Å². The van der Waals surface area contributed by atoms with E-state index in [-0.39, 0.29) is 0 Å². The lowest BCUT2D eigenvalue weighted by Gasteiger charge is -2.25. The Bertz CT molecular complexity index is 222. The molecule has 0 aliphatic carbocycles. The first kappa shape index (κ1) is 15.8. The lowest BCUT2D eigenvalue weighted by molar-refractivity contribution is 0.325. The van der Waals surface area contributed by atoms with Crippen molar-refractivity contribution in [3.05, 3.63) is 4.91 Å². The van der Waals surface area contributed by atoms with E-state index >= 15 is 0 Å². The van der Waals surface area contributed by atoms with E-state index in [0.29, 0.717) is 12.6 Å². The molecule has 6 heteroatoms. The SMILES string of the molecule is CCN(CC)CP(=O)(CN(CC)CC)N=O. The Kier molecular flexibility index (Phi) is 7.81. The van der Waals surface area contributed by atoms with Crippen molar-refractivity contribution in [1.82, 2.24) is 9.80 Å². The predicted molar refractivity (Wildman–Crippen MR) is 69.0 cm³/mol. The van der Waals surface area contributed by atoms with Gasteiger partial charge in [-0.3, -0.25) is 14.4 Å². The maximum Gasteiger partial charge on any atom is 0.259 e. The van der Waals surface area contributed by atoms with Gasteiger partial charge in [-0.25, -0.2) is 0 Å². The van der Waals surface area contributed by atoms with Gasteiger partial charge in [0, 0.05) is 0 Å². The van der Waals surface area contributed by atoms with Crippen LogP contribution in [0, 0.1) is 4.91 Å². The fourth-order valence-corrected chi connectivity index (χ4v) is 3.81. The van der Waals surface area contributed by atoms with E-state index in [1.807, 2.05) is 37.5 Å². The van der Waals surface area contributed by atoms with Gasteiger partial charge in [-0.1, -0.05) is 27.7 Å². The molecular weight excluding hydrogens is 225 g/mol. The van der Waals surface area contributed by atoms with Crippen LogP contribution in [0.4, 0.5) is 0 Å². The summed E-state index contributed by atoms with van der Waals surface area (Å²) >= 11 is 0. The fourth-order valence-electron chi connectivity index (χ4n) is 1.57. The standard InChI is InChI=1S/C10H24N3O2P/c1-5-12(6-2)9-16(15,11-14)10-13(7-3)8-4/h5-10H2,1-4H3. The third-order valence-corrected chi connectivity index (χ3v) is 4.76. The minimum Gasteiger partial charge on any atom is -0.295 e. The number of nitrogens with zero attached hydrogens (tertiary/aromatic N) is 3. The Morgan fingerprint density at radius 3 is 1.38 bits per heavy atom. The molecule has 0 aliphatic rings. The normalized spacial score (nSPS) is 12.4. The molecule has 0 bridgehead atoms. The molecule has 0 amide bonds. The monoisotopic (exact) mass is 249 g/mol. The largest absolute Gasteiger partial charge is 0.295 e. The first-order valence-corrected chi connectivity index (χ1v) is 7.95. The Morgan fingerprint density at radius 2 is 1.19 bits per heavy atom. The predicted octanol–water partition coefficient (Wildman–Crippen LogP) is 2.63. The van der Waals surface area contributed by atoms with Crippen LogP contribution in [0.3, 0.4) is 0 Å². The first-order valence-electron chi connectivity index (χ1n) is 5.92. The van der Waals surface area contributed by atoms with Gasteiger partial charge >= 0.3 is 0 Å². The summed E-state index contributed by atoms with van der Waals surface area (Å²) in [5.74, 6) is 0. The highest BCUT2D eigenvalue weighted by Gasteiger charge is 2.27. The number of hydrogen-bond donors (Lipinski definition) is 0. The Hall–Kier alpha value is -0.250. The maximum absolute atomic E-state index is 12.3. The van der Waals surface area contributed by atoms with Crippen molar-refractivity contribution in [2.45, 2.75) is 27.7 Å². The van der Waals surface area contributed by atoms with Crippen molar-refractivity contribution in [1.29, 1.82) is 0 Å². The maximum atomic E-state index is 12.3. The molecule has 0 atom stereocenters. The summed E-state index contributed by atoms with van der Waals surface area (Å²) in [6.45, 7) is 11.2. The molecule has 16 heavy (non-hydrogen) atoms. The summed E-state index contributed by atoms with van der Waals surface area (Å²) in [5, 5.41) is 0. The zero-order valence-corrected chi connectivity index (χ0v) is 11.7. The van der Waals surface area contributed by atoms with E-state index < -0.39 is 7.29 Å². The molecule has 0 aromatic rings. The average molecular weight is 249 g/mol. The third-order valence-electron chi connectivity index (χ3n) is 2.78. The molecule has 0 aliphatic heterocycles. The van der Waals surface area contributed by atoms with Gasteiger partial charge < -0.3 is 0 Å². The highest BCUT2D eigenvalue weighted by atomic mass is 31.2. The minimum atomic E-state index is -2.96. The van der Waals surface area contributed by atoms with Crippen LogP contribution in [-0.2, 0) is 4.57 Å². The van der Waals surface area contributed by atoms with Gasteiger partial charge in [0.05, 0.1) is 12.6 Å². The van der Waals surface area contributed by atoms with Crippen LogP contribution in [0.2, 0.25) is 0 Å². The number of rotatable bonds is 9. The van der Waals surface area contributed by atoms with Gasteiger partial charge in [0.2, 0.25) is 0 Å². The third kappa shape index (κ3) is 5.19. The molecular formula is C10H24N3O2P. The molecule has 0 aromatic heterocycles. The summed E-state index contributed by atoms with van der Waals surface area (Å²) < 4.78 is 12.3. The number of nitroso groups, excluding NO2 is 1. The van der Waals surface area contributed by atoms with Crippen molar-refractivity contribution in [2.24, 2.45) is 4.95 Å². The molecule has 0 N–H and O–H groups in total. The molecule has 0 unspecified atom stereocenters. The second-order valence-corrected chi connectivity index (χ2v) is 6.24. The van der Waals surface area contributed by atoms with E-state index in [1.54, 1.807) is 0 Å². The lowest BCUT2D eigenvalue weighted by atomic mass is 10.6. The molecule has 96 valence electrons. The van der Waals surface area contributed by atoms with Crippen molar-refractivity contribution in [3.8, 4) is 0 Å². The van der Waals surface area contributed by atoms with Crippen LogP contribution in [0.25, 0.3) is 0 Å². The van der Waals surface area contributed by atoms with Crippen LogP contribution in [0.5, 0.6) is 0 Å². The van der Waals surface area contributed by atoms with Gasteiger partial charge in [0.25, 0.3) is 7.29 Å². The van der Waals surface area contributed by atoms with Crippen molar-refractivity contribution >= 4 is 7.29 Å². The van der Waals surface area contributed by atoms with Crippen molar-refractivity contribution in [2.75, 3.05) is 38.8 Å². The summed E-state index contributed by atoms with van der Waals surface area (Å²) in [6, 6.07) is 0. The van der Waals surface area contributed by atoms with Gasteiger partial charge in [-0.05, 0) is 31.1 Å². The first-order chi connectivity index (χ1) is 7.55. The fraction of sp³-hybridized carbons (Fsp3) is 1.00. The molecule has 0 radical (unpaired) electrons. The summed E-state index contributed by atoms with van der Waals surface area (Å²) in [6.07, 6.45) is 0.611. The Labute approximate surface area is 98.6 Å². The Balaban J connectivity index is 4.52. The minimum absolute atomic E-state index is 0.306. The van der Waals surface area contributed by atoms with E-state index in [9.17, 15) is 9.47 Å². The molecule has 0 saturated heterocycles. The second-order valence-electron chi connectivity index (χ2n) is 3.82. The summed E-state index contributed by atoms with van der Waals surface area (Å²) in [4.78, 5) is 17.7. The van der Waals surface area contributed by atoms with Crippen LogP contribution >= 0.6 is 7.29 Å². The highest BCUT2D eigenvalue weighted by molar-refractivity contribution is 7.62. The zero-order chi connectivity index (χ0) is 12.6. The van der Waals surface area contributed by atoms with Gasteiger partial charge in [-0.15, -0.1) is 4.91 Å². The quantitative estimate of drug-likeness (QED) is 0.465. The number of hydrogen-bond acceptors (Lipinski definition) is 4.